The van der Waals surface area contributed by atoms with Gasteiger partial charge < -0.3 is 14.2 Å². The van der Waals surface area contributed by atoms with Crippen molar-refractivity contribution in [1.29, 1.82) is 0 Å². The first-order valence-corrected chi connectivity index (χ1v) is 32.4. The molecule has 434 valence electrons. The molecule has 0 aromatic heterocycles. The van der Waals surface area contributed by atoms with Crippen molar-refractivity contribution in [2.75, 3.05) is 13.2 Å². The summed E-state index contributed by atoms with van der Waals surface area (Å²) in [6, 6.07) is 0. The molecule has 0 aliphatic carbocycles. The van der Waals surface area contributed by atoms with Gasteiger partial charge in [-0.25, -0.2) is 0 Å². The van der Waals surface area contributed by atoms with Crippen LogP contribution < -0.4 is 0 Å². The predicted octanol–water partition coefficient (Wildman–Crippen LogP) is 22.1. The third-order valence-corrected chi connectivity index (χ3v) is 14.2. The van der Waals surface area contributed by atoms with Crippen LogP contribution in [0.5, 0.6) is 0 Å². The predicted molar refractivity (Wildman–Crippen MR) is 325 cm³/mol. The maximum atomic E-state index is 12.9. The van der Waals surface area contributed by atoms with Crippen LogP contribution in [0.25, 0.3) is 0 Å². The van der Waals surface area contributed by atoms with Gasteiger partial charge in [0.2, 0.25) is 0 Å². The lowest BCUT2D eigenvalue weighted by Gasteiger charge is -2.18. The molecule has 0 fully saturated rings. The van der Waals surface area contributed by atoms with E-state index in [9.17, 15) is 14.4 Å². The smallest absolute Gasteiger partial charge is 0.306 e. The molecule has 0 aliphatic heterocycles. The average Bonchev–Trinajstić information content (AvgIpc) is 3.41. The number of carbonyl (C=O) groups excluding carboxylic acids is 3. The Bertz CT molecular complexity index is 1390. The molecule has 0 amide bonds. The minimum absolute atomic E-state index is 0.0886. The number of esters is 3. The van der Waals surface area contributed by atoms with Gasteiger partial charge in [-0.15, -0.1) is 0 Å². The van der Waals surface area contributed by atoms with E-state index < -0.39 is 6.10 Å². The van der Waals surface area contributed by atoms with E-state index in [4.69, 9.17) is 14.2 Å². The van der Waals surface area contributed by atoms with Crippen LogP contribution in [0.3, 0.4) is 0 Å². The number of allylic oxidation sites excluding steroid dienone is 12. The molecule has 0 aromatic carbocycles. The van der Waals surface area contributed by atoms with Gasteiger partial charge in [-0.05, 0) is 89.9 Å². The van der Waals surface area contributed by atoms with Crippen molar-refractivity contribution in [2.45, 2.75) is 335 Å². The van der Waals surface area contributed by atoms with Crippen molar-refractivity contribution < 1.29 is 28.6 Å². The fourth-order valence-corrected chi connectivity index (χ4v) is 9.35. The highest BCUT2D eigenvalue weighted by molar-refractivity contribution is 5.71. The van der Waals surface area contributed by atoms with E-state index >= 15 is 0 Å². The number of ether oxygens (including phenoxy) is 3. The van der Waals surface area contributed by atoms with E-state index in [1.54, 1.807) is 0 Å². The summed E-state index contributed by atoms with van der Waals surface area (Å²) in [5, 5.41) is 0. The Morgan fingerprint density at radius 1 is 0.280 bits per heavy atom. The molecule has 0 saturated carbocycles. The van der Waals surface area contributed by atoms with Crippen LogP contribution in [0.2, 0.25) is 0 Å². The molecular weight excluding hydrogens is 925 g/mol. The Hall–Kier alpha value is -3.15. The normalized spacial score (nSPS) is 12.5. The van der Waals surface area contributed by atoms with E-state index in [1.165, 1.54) is 186 Å². The number of unbranched alkanes of at least 4 members (excludes halogenated alkanes) is 36. The number of hydrogen-bond donors (Lipinski definition) is 0. The Morgan fingerprint density at radius 2 is 0.520 bits per heavy atom. The second-order valence-electron chi connectivity index (χ2n) is 21.6. The molecule has 0 saturated heterocycles. The highest BCUT2D eigenvalue weighted by Crippen LogP contribution is 2.17. The molecule has 0 N–H and O–H groups in total. The summed E-state index contributed by atoms with van der Waals surface area (Å²) in [7, 11) is 0. The lowest BCUT2D eigenvalue weighted by atomic mass is 10.0. The standard InChI is InChI=1S/C69H122O6/c1-4-7-10-13-16-19-22-25-28-30-32-33-34-35-37-38-41-44-47-50-53-56-59-62-68(71)74-65-66(64-73-67(70)61-58-55-52-49-46-43-40-27-24-21-18-15-12-9-6-3)75-69(72)63-60-57-54-51-48-45-42-39-36-31-29-26-23-20-17-14-11-8-5-2/h8,11,17,20,26-27,29,36,39-40,45,48,66H,4-7,9-10,12-16,18-19,21-25,28,30-35,37-38,41-44,46-47,49-65H2,1-3H3/b11-8-,20-17-,29-26-,39-36-,40-27-,48-45-. The summed E-state index contributed by atoms with van der Waals surface area (Å²) in [6.45, 7) is 6.53. The molecule has 6 nitrogen and oxygen atoms in total. The molecule has 1 unspecified atom stereocenters. The Morgan fingerprint density at radius 3 is 0.840 bits per heavy atom. The second kappa shape index (κ2) is 63.4. The van der Waals surface area contributed by atoms with Crippen molar-refractivity contribution in [3.63, 3.8) is 0 Å². The second-order valence-corrected chi connectivity index (χ2v) is 21.6. The maximum absolute atomic E-state index is 12.9. The van der Waals surface area contributed by atoms with Crippen LogP contribution in [0.1, 0.15) is 329 Å². The molecule has 1 atom stereocenters. The third kappa shape index (κ3) is 61.6. The molecule has 0 spiro atoms. The van der Waals surface area contributed by atoms with Crippen LogP contribution >= 0.6 is 0 Å². The van der Waals surface area contributed by atoms with Crippen LogP contribution in [-0.2, 0) is 28.6 Å². The van der Waals surface area contributed by atoms with Crippen LogP contribution in [-0.4, -0.2) is 37.2 Å². The van der Waals surface area contributed by atoms with Gasteiger partial charge in [0.15, 0.2) is 6.10 Å². The van der Waals surface area contributed by atoms with E-state index in [-0.39, 0.29) is 31.1 Å². The molecule has 0 rings (SSSR count). The zero-order valence-electron chi connectivity index (χ0n) is 49.8. The molecule has 0 radical (unpaired) electrons. The minimum Gasteiger partial charge on any atom is -0.462 e. The topological polar surface area (TPSA) is 78.9 Å². The first-order valence-electron chi connectivity index (χ1n) is 32.4. The fourth-order valence-electron chi connectivity index (χ4n) is 9.35. The van der Waals surface area contributed by atoms with Gasteiger partial charge in [0, 0.05) is 19.3 Å². The number of rotatable bonds is 59. The lowest BCUT2D eigenvalue weighted by molar-refractivity contribution is -0.167. The van der Waals surface area contributed by atoms with Gasteiger partial charge in [0.05, 0.1) is 0 Å². The maximum Gasteiger partial charge on any atom is 0.306 e. The summed E-state index contributed by atoms with van der Waals surface area (Å²) >= 11 is 0. The zero-order valence-corrected chi connectivity index (χ0v) is 49.8. The quantitative estimate of drug-likeness (QED) is 0.0261. The monoisotopic (exact) mass is 1050 g/mol. The molecule has 0 heterocycles. The van der Waals surface area contributed by atoms with E-state index in [0.717, 1.165) is 103 Å². The highest BCUT2D eigenvalue weighted by atomic mass is 16.6. The third-order valence-electron chi connectivity index (χ3n) is 14.2. The van der Waals surface area contributed by atoms with Gasteiger partial charge in [0.1, 0.15) is 13.2 Å². The number of hydrogen-bond acceptors (Lipinski definition) is 6. The molecule has 0 aromatic rings. The van der Waals surface area contributed by atoms with Crippen molar-refractivity contribution >= 4 is 17.9 Å². The minimum atomic E-state index is -0.796. The first kappa shape index (κ1) is 71.8. The molecule has 0 aliphatic rings. The summed E-state index contributed by atoms with van der Waals surface area (Å²) < 4.78 is 16.9. The average molecular weight is 1050 g/mol. The lowest BCUT2D eigenvalue weighted by Crippen LogP contribution is -2.30. The van der Waals surface area contributed by atoms with Crippen LogP contribution in [0.15, 0.2) is 72.9 Å². The van der Waals surface area contributed by atoms with Gasteiger partial charge >= 0.3 is 17.9 Å². The first-order chi connectivity index (χ1) is 37.0. The van der Waals surface area contributed by atoms with E-state index in [2.05, 4.69) is 93.7 Å². The molecule has 0 bridgehead atoms. The Labute approximate surface area is 465 Å². The highest BCUT2D eigenvalue weighted by Gasteiger charge is 2.19. The zero-order chi connectivity index (χ0) is 54.3. The van der Waals surface area contributed by atoms with Gasteiger partial charge in [-0.1, -0.05) is 293 Å². The van der Waals surface area contributed by atoms with Gasteiger partial charge in [-0.2, -0.15) is 0 Å². The van der Waals surface area contributed by atoms with Gasteiger partial charge in [0.25, 0.3) is 0 Å². The summed E-state index contributed by atoms with van der Waals surface area (Å²) in [4.78, 5) is 38.3. The number of carbonyl (C=O) groups is 3. The SMILES string of the molecule is CC/C=C\C/C=C\C/C=C\C/C=C\C/C=C\CCCCCC(=O)OC(COC(=O)CCCCCCC/C=C\CCCCCCCC)COC(=O)CCCCCCCCCCCCCCCCCCCCCCCCC. The Balaban J connectivity index is 4.37. The van der Waals surface area contributed by atoms with E-state index in [1.807, 2.05) is 0 Å². The van der Waals surface area contributed by atoms with E-state index in [0.29, 0.717) is 19.3 Å². The molecule has 6 heteroatoms. The molecule has 75 heavy (non-hydrogen) atoms. The van der Waals surface area contributed by atoms with Crippen LogP contribution in [0.4, 0.5) is 0 Å². The molecular formula is C69H122O6. The summed E-state index contributed by atoms with van der Waals surface area (Å²) in [6.07, 6.45) is 82.0. The van der Waals surface area contributed by atoms with Crippen molar-refractivity contribution in [1.82, 2.24) is 0 Å². The largest absolute Gasteiger partial charge is 0.462 e. The van der Waals surface area contributed by atoms with Crippen molar-refractivity contribution in [2.24, 2.45) is 0 Å². The summed E-state index contributed by atoms with van der Waals surface area (Å²) in [5.74, 6) is -0.914. The van der Waals surface area contributed by atoms with Crippen LogP contribution in [0, 0.1) is 0 Å². The fraction of sp³-hybridized carbons (Fsp3) is 0.783. The van der Waals surface area contributed by atoms with Crippen molar-refractivity contribution in [3.05, 3.63) is 72.9 Å². The van der Waals surface area contributed by atoms with Gasteiger partial charge in [-0.3, -0.25) is 14.4 Å². The van der Waals surface area contributed by atoms with Crippen molar-refractivity contribution in [3.8, 4) is 0 Å². The Kier molecular flexibility index (Phi) is 60.7. The summed E-state index contributed by atoms with van der Waals surface area (Å²) in [5.41, 5.74) is 0.